The summed E-state index contributed by atoms with van der Waals surface area (Å²) in [7, 11) is 3.49. The second-order valence-electron chi connectivity index (χ2n) is 3.68. The molecule has 14 heavy (non-hydrogen) atoms. The number of rotatable bonds is 3. The Balaban J connectivity index is 2.61. The van der Waals surface area contributed by atoms with Gasteiger partial charge in [-0.05, 0) is 14.0 Å². The Labute approximate surface area is 84.0 Å². The second kappa shape index (κ2) is 4.41. The Morgan fingerprint density at radius 1 is 1.36 bits per heavy atom. The lowest BCUT2D eigenvalue weighted by atomic mass is 10.2. The third kappa shape index (κ3) is 2.23. The predicted molar refractivity (Wildman–Crippen MR) is 52.7 cm³/mol. The normalized spacial score (nSPS) is 20.2. The number of piperazine rings is 1. The molecule has 5 heteroatoms. The summed E-state index contributed by atoms with van der Waals surface area (Å²) in [4.78, 5) is 26.0. The van der Waals surface area contributed by atoms with Crippen LogP contribution in [0.2, 0.25) is 0 Å². The molecule has 0 aromatic carbocycles. The first kappa shape index (κ1) is 11.0. The molecule has 5 nitrogen and oxygen atoms in total. The van der Waals surface area contributed by atoms with E-state index < -0.39 is 0 Å². The van der Waals surface area contributed by atoms with Crippen molar-refractivity contribution < 1.29 is 9.59 Å². The van der Waals surface area contributed by atoms with Gasteiger partial charge in [-0.3, -0.25) is 9.59 Å². The summed E-state index contributed by atoms with van der Waals surface area (Å²) in [6.45, 7) is 3.06. The lowest BCUT2D eigenvalue weighted by Gasteiger charge is -2.35. The highest BCUT2D eigenvalue weighted by Gasteiger charge is 2.30. The maximum absolute atomic E-state index is 11.6. The molecule has 2 amide bonds. The quantitative estimate of drug-likeness (QED) is 0.627. The molecule has 0 saturated carbocycles. The highest BCUT2D eigenvalue weighted by Crippen LogP contribution is 2.06. The smallest absolute Gasteiger partial charge is 0.242 e. The molecule has 0 aromatic heterocycles. The van der Waals surface area contributed by atoms with Crippen molar-refractivity contribution in [3.05, 3.63) is 0 Å². The molecular formula is C9H17N3O2. The first-order valence-electron chi connectivity index (χ1n) is 4.74. The molecule has 0 spiro atoms. The summed E-state index contributed by atoms with van der Waals surface area (Å²) in [6.07, 6.45) is 0. The van der Waals surface area contributed by atoms with E-state index in [4.69, 9.17) is 0 Å². The summed E-state index contributed by atoms with van der Waals surface area (Å²) in [5.74, 6) is 0.0300. The molecule has 1 aliphatic rings. The standard InChI is InChI=1S/C9H17N3O2/c1-7(4-10-2)12-6-8(13)11(3)5-9(12)14/h7,10H,4-6H2,1-3H3. The maximum Gasteiger partial charge on any atom is 0.242 e. The van der Waals surface area contributed by atoms with Crippen LogP contribution >= 0.6 is 0 Å². The van der Waals surface area contributed by atoms with E-state index in [0.29, 0.717) is 6.54 Å². The number of hydrogen-bond acceptors (Lipinski definition) is 3. The zero-order valence-corrected chi connectivity index (χ0v) is 8.91. The molecule has 1 fully saturated rings. The van der Waals surface area contributed by atoms with Crippen LogP contribution in [0, 0.1) is 0 Å². The van der Waals surface area contributed by atoms with Crippen molar-refractivity contribution in [2.24, 2.45) is 0 Å². The molecule has 1 atom stereocenters. The van der Waals surface area contributed by atoms with Gasteiger partial charge in [-0.25, -0.2) is 0 Å². The van der Waals surface area contributed by atoms with Crippen molar-refractivity contribution >= 4 is 11.8 Å². The molecule has 1 aliphatic heterocycles. The van der Waals surface area contributed by atoms with E-state index in [0.717, 1.165) is 0 Å². The Bertz CT molecular complexity index is 242. The molecule has 1 unspecified atom stereocenters. The third-order valence-corrected chi connectivity index (χ3v) is 2.46. The molecule has 0 aliphatic carbocycles. The van der Waals surface area contributed by atoms with Crippen LogP contribution in [0.15, 0.2) is 0 Å². The second-order valence-corrected chi connectivity index (χ2v) is 3.68. The fourth-order valence-corrected chi connectivity index (χ4v) is 1.54. The fraction of sp³-hybridized carbons (Fsp3) is 0.778. The van der Waals surface area contributed by atoms with E-state index in [1.54, 1.807) is 11.9 Å². The average molecular weight is 199 g/mol. The lowest BCUT2D eigenvalue weighted by molar-refractivity contribution is -0.150. The summed E-state index contributed by atoms with van der Waals surface area (Å²) < 4.78 is 0. The SMILES string of the molecule is CNCC(C)N1CC(=O)N(C)CC1=O. The molecule has 0 aromatic rings. The minimum atomic E-state index is 0.00699. The van der Waals surface area contributed by atoms with Gasteiger partial charge >= 0.3 is 0 Å². The maximum atomic E-state index is 11.6. The van der Waals surface area contributed by atoms with Crippen LogP contribution in [-0.4, -0.2) is 61.4 Å². The molecule has 0 radical (unpaired) electrons. The highest BCUT2D eigenvalue weighted by molar-refractivity contribution is 5.92. The van der Waals surface area contributed by atoms with Gasteiger partial charge in [0.25, 0.3) is 0 Å². The van der Waals surface area contributed by atoms with Crippen molar-refractivity contribution in [1.82, 2.24) is 15.1 Å². The number of nitrogens with zero attached hydrogens (tertiary/aromatic N) is 2. The molecule has 1 heterocycles. The van der Waals surface area contributed by atoms with Gasteiger partial charge in [-0.1, -0.05) is 0 Å². The Morgan fingerprint density at radius 2 is 2.00 bits per heavy atom. The number of amides is 2. The van der Waals surface area contributed by atoms with Crippen LogP contribution in [0.5, 0.6) is 0 Å². The van der Waals surface area contributed by atoms with Gasteiger partial charge in [0.05, 0.1) is 6.54 Å². The van der Waals surface area contributed by atoms with Crippen LogP contribution in [0.3, 0.4) is 0 Å². The van der Waals surface area contributed by atoms with Crippen molar-refractivity contribution in [2.75, 3.05) is 33.7 Å². The summed E-state index contributed by atoms with van der Waals surface area (Å²) in [5.41, 5.74) is 0. The summed E-state index contributed by atoms with van der Waals surface area (Å²) >= 11 is 0. The zero-order valence-electron chi connectivity index (χ0n) is 8.91. The van der Waals surface area contributed by atoms with E-state index in [2.05, 4.69) is 5.32 Å². The summed E-state index contributed by atoms with van der Waals surface area (Å²) in [6, 6.07) is 0.0742. The minimum Gasteiger partial charge on any atom is -0.335 e. The Kier molecular flexibility index (Phi) is 3.46. The van der Waals surface area contributed by atoms with Gasteiger partial charge in [0.2, 0.25) is 11.8 Å². The highest BCUT2D eigenvalue weighted by atomic mass is 16.2. The molecule has 1 saturated heterocycles. The molecule has 80 valence electrons. The number of nitrogens with one attached hydrogen (secondary N) is 1. The van der Waals surface area contributed by atoms with Gasteiger partial charge in [0.1, 0.15) is 6.54 Å². The molecule has 1 N–H and O–H groups in total. The fourth-order valence-electron chi connectivity index (χ4n) is 1.54. The first-order chi connectivity index (χ1) is 6.56. The van der Waals surface area contributed by atoms with Gasteiger partial charge in [0.15, 0.2) is 0 Å². The van der Waals surface area contributed by atoms with E-state index in [9.17, 15) is 9.59 Å². The molecule has 0 bridgehead atoms. The average Bonchev–Trinajstić information content (AvgIpc) is 2.11. The third-order valence-electron chi connectivity index (χ3n) is 2.46. The van der Waals surface area contributed by atoms with Gasteiger partial charge in [-0.15, -0.1) is 0 Å². The predicted octanol–water partition coefficient (Wildman–Crippen LogP) is -1.11. The van der Waals surface area contributed by atoms with Crippen LogP contribution in [-0.2, 0) is 9.59 Å². The van der Waals surface area contributed by atoms with E-state index in [1.165, 1.54) is 4.90 Å². The van der Waals surface area contributed by atoms with Crippen LogP contribution in [0.4, 0.5) is 0 Å². The number of carbonyl (C=O) groups is 2. The van der Waals surface area contributed by atoms with Gasteiger partial charge in [0, 0.05) is 19.6 Å². The van der Waals surface area contributed by atoms with E-state index in [-0.39, 0.29) is 30.9 Å². The van der Waals surface area contributed by atoms with Crippen LogP contribution < -0.4 is 5.32 Å². The lowest BCUT2D eigenvalue weighted by Crippen LogP contribution is -2.56. The summed E-state index contributed by atoms with van der Waals surface area (Å²) in [5, 5.41) is 2.99. The molecular weight excluding hydrogens is 182 g/mol. The van der Waals surface area contributed by atoms with Crippen molar-refractivity contribution in [1.29, 1.82) is 0 Å². The van der Waals surface area contributed by atoms with Crippen molar-refractivity contribution in [2.45, 2.75) is 13.0 Å². The monoisotopic (exact) mass is 199 g/mol. The van der Waals surface area contributed by atoms with E-state index >= 15 is 0 Å². The minimum absolute atomic E-state index is 0.00699. The number of carbonyl (C=O) groups excluding carboxylic acids is 2. The van der Waals surface area contributed by atoms with Crippen molar-refractivity contribution in [3.63, 3.8) is 0 Å². The zero-order chi connectivity index (χ0) is 10.7. The van der Waals surface area contributed by atoms with Crippen LogP contribution in [0.25, 0.3) is 0 Å². The first-order valence-corrected chi connectivity index (χ1v) is 4.74. The Hall–Kier alpha value is -1.10. The number of likely N-dealkylation sites (N-methyl/N-ethyl adjacent to an activating group) is 2. The van der Waals surface area contributed by atoms with Gasteiger partial charge < -0.3 is 15.1 Å². The Morgan fingerprint density at radius 3 is 2.57 bits per heavy atom. The van der Waals surface area contributed by atoms with Gasteiger partial charge in [-0.2, -0.15) is 0 Å². The van der Waals surface area contributed by atoms with Crippen LogP contribution in [0.1, 0.15) is 6.92 Å². The van der Waals surface area contributed by atoms with E-state index in [1.807, 2.05) is 14.0 Å². The van der Waals surface area contributed by atoms with Crippen molar-refractivity contribution in [3.8, 4) is 0 Å². The number of hydrogen-bond donors (Lipinski definition) is 1. The molecule has 1 rings (SSSR count). The largest absolute Gasteiger partial charge is 0.335 e. The topological polar surface area (TPSA) is 52.7 Å².